The first-order chi connectivity index (χ1) is 14.2. The second-order valence-electron chi connectivity index (χ2n) is 6.98. The normalized spacial score (nSPS) is 16.1. The lowest BCUT2D eigenvalue weighted by molar-refractivity contribution is 0.0525. The first-order valence-electron chi connectivity index (χ1n) is 10.0. The van der Waals surface area contributed by atoms with Crippen LogP contribution in [0.1, 0.15) is 35.7 Å². The largest absolute Gasteiger partial charge is 0.462 e. The lowest BCUT2D eigenvalue weighted by Crippen LogP contribution is -2.47. The summed E-state index contributed by atoms with van der Waals surface area (Å²) in [5, 5.41) is 13.2. The van der Waals surface area contributed by atoms with E-state index in [1.54, 1.807) is 6.92 Å². The average Bonchev–Trinajstić information content (AvgIpc) is 2.78. The number of anilines is 1. The Labute approximate surface area is 171 Å². The molecule has 2 N–H and O–H groups in total. The van der Waals surface area contributed by atoms with Crippen LogP contribution in [0.2, 0.25) is 0 Å². The first kappa shape index (κ1) is 21.0. The maximum absolute atomic E-state index is 11.7. The van der Waals surface area contributed by atoms with Gasteiger partial charge < -0.3 is 20.1 Å². The zero-order valence-corrected chi connectivity index (χ0v) is 16.7. The molecule has 2 aromatic rings. The van der Waals surface area contributed by atoms with E-state index in [2.05, 4.69) is 20.2 Å². The molecule has 1 unspecified atom stereocenters. The Bertz CT molecular complexity index is 787. The third kappa shape index (κ3) is 6.10. The standard InChI is InChI=1S/C22H28N4O3/c1-2-29-21(28)18-14-23-22(24-15-18)26-12-10-19(11-13-26)25-20(16-27)9-8-17-6-4-3-5-7-17/h3-9,14-15,19-20,25,27H,2,10-13,16H2,1H3. The van der Waals surface area contributed by atoms with Crippen molar-refractivity contribution in [3.05, 3.63) is 59.9 Å². The summed E-state index contributed by atoms with van der Waals surface area (Å²) in [6.45, 7) is 3.79. The van der Waals surface area contributed by atoms with E-state index in [0.29, 0.717) is 24.2 Å². The topological polar surface area (TPSA) is 87.6 Å². The van der Waals surface area contributed by atoms with Gasteiger partial charge in [0.15, 0.2) is 0 Å². The average molecular weight is 396 g/mol. The second-order valence-corrected chi connectivity index (χ2v) is 6.98. The maximum atomic E-state index is 11.7. The van der Waals surface area contributed by atoms with E-state index < -0.39 is 5.97 Å². The van der Waals surface area contributed by atoms with Gasteiger partial charge in [0, 0.05) is 37.6 Å². The van der Waals surface area contributed by atoms with Gasteiger partial charge >= 0.3 is 5.97 Å². The molecule has 7 nitrogen and oxygen atoms in total. The Balaban J connectivity index is 1.49. The highest BCUT2D eigenvalue weighted by molar-refractivity contribution is 5.88. The van der Waals surface area contributed by atoms with Crippen LogP contribution < -0.4 is 10.2 Å². The minimum absolute atomic E-state index is 0.0575. The number of nitrogens with zero attached hydrogens (tertiary/aromatic N) is 3. The third-order valence-corrected chi connectivity index (χ3v) is 4.89. The van der Waals surface area contributed by atoms with Crippen LogP contribution in [-0.4, -0.2) is 59.4 Å². The number of ether oxygens (including phenoxy) is 1. The number of hydrogen-bond donors (Lipinski definition) is 2. The molecule has 1 saturated heterocycles. The van der Waals surface area contributed by atoms with Crippen molar-refractivity contribution in [3.63, 3.8) is 0 Å². The molecule has 0 spiro atoms. The van der Waals surface area contributed by atoms with Crippen LogP contribution in [0.3, 0.4) is 0 Å². The zero-order valence-electron chi connectivity index (χ0n) is 16.7. The van der Waals surface area contributed by atoms with Crippen LogP contribution in [0.5, 0.6) is 0 Å². The summed E-state index contributed by atoms with van der Waals surface area (Å²) >= 11 is 0. The summed E-state index contributed by atoms with van der Waals surface area (Å²) in [5.41, 5.74) is 1.48. The van der Waals surface area contributed by atoms with Crippen LogP contribution >= 0.6 is 0 Å². The highest BCUT2D eigenvalue weighted by Crippen LogP contribution is 2.17. The monoisotopic (exact) mass is 396 g/mol. The number of esters is 1. The van der Waals surface area contributed by atoms with E-state index in [9.17, 15) is 9.90 Å². The predicted molar refractivity (Wildman–Crippen MR) is 113 cm³/mol. The molecular formula is C22H28N4O3. The fourth-order valence-electron chi connectivity index (χ4n) is 3.31. The summed E-state index contributed by atoms with van der Waals surface area (Å²) in [7, 11) is 0. The van der Waals surface area contributed by atoms with Crippen molar-refractivity contribution in [2.45, 2.75) is 31.8 Å². The van der Waals surface area contributed by atoms with Gasteiger partial charge in [-0.3, -0.25) is 0 Å². The van der Waals surface area contributed by atoms with Gasteiger partial charge in [-0.25, -0.2) is 14.8 Å². The molecular weight excluding hydrogens is 368 g/mol. The van der Waals surface area contributed by atoms with Crippen molar-refractivity contribution in [1.82, 2.24) is 15.3 Å². The highest BCUT2D eigenvalue weighted by Gasteiger charge is 2.22. The van der Waals surface area contributed by atoms with Gasteiger partial charge in [-0.05, 0) is 25.3 Å². The molecule has 1 aliphatic rings. The van der Waals surface area contributed by atoms with Gasteiger partial charge in [0.05, 0.1) is 18.8 Å². The number of piperidine rings is 1. The highest BCUT2D eigenvalue weighted by atomic mass is 16.5. The number of hydrogen-bond acceptors (Lipinski definition) is 7. The first-order valence-corrected chi connectivity index (χ1v) is 10.0. The molecule has 154 valence electrons. The zero-order chi connectivity index (χ0) is 20.5. The van der Waals surface area contributed by atoms with Gasteiger partial charge in [0.1, 0.15) is 0 Å². The number of carbonyl (C=O) groups excluding carboxylic acids is 1. The Morgan fingerprint density at radius 1 is 1.28 bits per heavy atom. The number of rotatable bonds is 8. The van der Waals surface area contributed by atoms with Gasteiger partial charge in [0.25, 0.3) is 0 Å². The molecule has 3 rings (SSSR count). The number of nitrogens with one attached hydrogen (secondary N) is 1. The van der Waals surface area contributed by atoms with Crippen molar-refractivity contribution in [3.8, 4) is 0 Å². The van der Waals surface area contributed by atoms with Crippen molar-refractivity contribution < 1.29 is 14.6 Å². The minimum Gasteiger partial charge on any atom is -0.462 e. The molecule has 0 amide bonds. The quantitative estimate of drug-likeness (QED) is 0.662. The van der Waals surface area contributed by atoms with E-state index >= 15 is 0 Å². The molecule has 0 radical (unpaired) electrons. The molecule has 2 heterocycles. The summed E-state index contributed by atoms with van der Waals surface area (Å²) in [5.74, 6) is 0.222. The van der Waals surface area contributed by atoms with E-state index in [-0.39, 0.29) is 12.6 Å². The van der Waals surface area contributed by atoms with Gasteiger partial charge in [-0.2, -0.15) is 0 Å². The molecule has 0 saturated carbocycles. The molecule has 0 bridgehead atoms. The van der Waals surface area contributed by atoms with Crippen LogP contribution in [0.4, 0.5) is 5.95 Å². The summed E-state index contributed by atoms with van der Waals surface area (Å²) in [6.07, 6.45) is 8.93. The number of aliphatic hydroxyl groups is 1. The summed E-state index contributed by atoms with van der Waals surface area (Å²) in [6, 6.07) is 10.3. The molecule has 1 aromatic carbocycles. The predicted octanol–water partition coefficient (Wildman–Crippen LogP) is 2.29. The van der Waals surface area contributed by atoms with E-state index in [4.69, 9.17) is 4.74 Å². The minimum atomic E-state index is -0.402. The molecule has 1 aromatic heterocycles. The SMILES string of the molecule is CCOC(=O)c1cnc(N2CCC(NC(C=Cc3ccccc3)CO)CC2)nc1. The fraction of sp³-hybridized carbons (Fsp3) is 0.409. The number of aliphatic hydroxyl groups excluding tert-OH is 1. The van der Waals surface area contributed by atoms with Crippen molar-refractivity contribution >= 4 is 18.0 Å². The van der Waals surface area contributed by atoms with Gasteiger partial charge in [0.2, 0.25) is 5.95 Å². The maximum Gasteiger partial charge on any atom is 0.341 e. The second kappa shape index (κ2) is 10.7. The van der Waals surface area contributed by atoms with Crippen molar-refractivity contribution in [1.29, 1.82) is 0 Å². The number of benzene rings is 1. The smallest absolute Gasteiger partial charge is 0.341 e. The Morgan fingerprint density at radius 3 is 2.59 bits per heavy atom. The lowest BCUT2D eigenvalue weighted by Gasteiger charge is -2.33. The Hall–Kier alpha value is -2.77. The van der Waals surface area contributed by atoms with E-state index in [0.717, 1.165) is 31.5 Å². The molecule has 29 heavy (non-hydrogen) atoms. The van der Waals surface area contributed by atoms with Crippen molar-refractivity contribution in [2.75, 3.05) is 31.2 Å². The van der Waals surface area contributed by atoms with E-state index in [1.807, 2.05) is 42.5 Å². The summed E-state index contributed by atoms with van der Waals surface area (Å²) in [4.78, 5) is 22.4. The number of carbonyl (C=O) groups is 1. The molecule has 1 fully saturated rings. The Kier molecular flexibility index (Phi) is 7.72. The van der Waals surface area contributed by atoms with Crippen LogP contribution in [0.15, 0.2) is 48.8 Å². The molecule has 0 aliphatic carbocycles. The molecule has 1 aliphatic heterocycles. The molecule has 1 atom stereocenters. The lowest BCUT2D eigenvalue weighted by atomic mass is 10.0. The third-order valence-electron chi connectivity index (χ3n) is 4.89. The molecule has 7 heteroatoms. The van der Waals surface area contributed by atoms with E-state index in [1.165, 1.54) is 12.4 Å². The van der Waals surface area contributed by atoms with Crippen LogP contribution in [0.25, 0.3) is 6.08 Å². The van der Waals surface area contributed by atoms with Crippen LogP contribution in [-0.2, 0) is 4.74 Å². The van der Waals surface area contributed by atoms with Crippen molar-refractivity contribution in [2.24, 2.45) is 0 Å². The number of aromatic nitrogens is 2. The van der Waals surface area contributed by atoms with Gasteiger partial charge in [-0.15, -0.1) is 0 Å². The fourth-order valence-corrected chi connectivity index (χ4v) is 3.31. The Morgan fingerprint density at radius 2 is 1.97 bits per heavy atom. The van der Waals surface area contributed by atoms with Gasteiger partial charge in [-0.1, -0.05) is 42.5 Å². The van der Waals surface area contributed by atoms with Crippen LogP contribution in [0, 0.1) is 0 Å². The summed E-state index contributed by atoms with van der Waals surface area (Å²) < 4.78 is 4.96.